The maximum atomic E-state index is 12.2. The number of hydrogen-bond acceptors (Lipinski definition) is 4. The van der Waals surface area contributed by atoms with Gasteiger partial charge in [-0.25, -0.2) is 4.68 Å². The van der Waals surface area contributed by atoms with Gasteiger partial charge in [0.05, 0.1) is 18.8 Å². The molecular weight excluding hydrogens is 284 g/mol. The van der Waals surface area contributed by atoms with Crippen LogP contribution in [0.2, 0.25) is 0 Å². The first-order valence-corrected chi connectivity index (χ1v) is 7.48. The van der Waals surface area contributed by atoms with E-state index in [1.54, 1.807) is 7.11 Å². The Labute approximate surface area is 130 Å². The van der Waals surface area contributed by atoms with E-state index in [-0.39, 0.29) is 5.56 Å². The van der Waals surface area contributed by atoms with Crippen LogP contribution in [0.15, 0.2) is 29.1 Å². The second-order valence-electron chi connectivity index (χ2n) is 5.05. The zero-order chi connectivity index (χ0) is 15.4. The predicted molar refractivity (Wildman–Crippen MR) is 88.0 cm³/mol. The van der Waals surface area contributed by atoms with E-state index >= 15 is 0 Å². The summed E-state index contributed by atoms with van der Waals surface area (Å²) in [6, 6.07) is 8.04. The highest BCUT2D eigenvalue weighted by atomic mass is 32.1. The molecule has 0 N–H and O–H groups in total. The molecule has 1 heterocycles. The minimum absolute atomic E-state index is 0.101. The molecule has 0 atom stereocenters. The molecule has 0 radical (unpaired) electrons. The summed E-state index contributed by atoms with van der Waals surface area (Å²) >= 11 is 4.25. The number of aryl methyl sites for hydroxylation is 2. The van der Waals surface area contributed by atoms with Crippen molar-refractivity contribution in [2.24, 2.45) is 0 Å². The van der Waals surface area contributed by atoms with Crippen molar-refractivity contribution in [3.05, 3.63) is 51.3 Å². The van der Waals surface area contributed by atoms with Crippen LogP contribution in [-0.4, -0.2) is 23.5 Å². The molecule has 1 aromatic carbocycles. The Morgan fingerprint density at radius 3 is 2.67 bits per heavy atom. The standard InChI is InChI=1S/C16H20N2O2S/c1-11-4-5-14(12(2)8-11)15-9-13(10-21)16(19)18(17-15)6-7-20-3/h4-5,8-9,21H,6-7,10H2,1-3H3. The molecule has 0 unspecified atom stereocenters. The second kappa shape index (κ2) is 6.91. The van der Waals surface area contributed by atoms with Gasteiger partial charge in [0.25, 0.3) is 5.56 Å². The largest absolute Gasteiger partial charge is 0.383 e. The summed E-state index contributed by atoms with van der Waals surface area (Å²) in [6.07, 6.45) is 0. The van der Waals surface area contributed by atoms with Crippen LogP contribution in [0, 0.1) is 13.8 Å². The van der Waals surface area contributed by atoms with E-state index in [2.05, 4.69) is 43.7 Å². The number of methoxy groups -OCH3 is 1. The van der Waals surface area contributed by atoms with Gasteiger partial charge in [0, 0.05) is 24.0 Å². The molecule has 0 aliphatic heterocycles. The molecule has 5 heteroatoms. The Hall–Kier alpha value is -1.59. The lowest BCUT2D eigenvalue weighted by atomic mass is 10.0. The molecule has 0 amide bonds. The number of aromatic nitrogens is 2. The highest BCUT2D eigenvalue weighted by Gasteiger charge is 2.10. The van der Waals surface area contributed by atoms with Gasteiger partial charge in [-0.1, -0.05) is 23.8 Å². The fourth-order valence-corrected chi connectivity index (χ4v) is 2.50. The van der Waals surface area contributed by atoms with E-state index in [9.17, 15) is 4.79 Å². The van der Waals surface area contributed by atoms with Crippen molar-refractivity contribution in [3.8, 4) is 11.3 Å². The summed E-state index contributed by atoms with van der Waals surface area (Å²) in [6.45, 7) is 5.00. The molecule has 0 bridgehead atoms. The van der Waals surface area contributed by atoms with Crippen molar-refractivity contribution in [2.45, 2.75) is 26.1 Å². The van der Waals surface area contributed by atoms with E-state index in [0.717, 1.165) is 16.8 Å². The zero-order valence-electron chi connectivity index (χ0n) is 12.6. The SMILES string of the molecule is COCCn1nc(-c2ccc(C)cc2C)cc(CS)c1=O. The molecule has 2 rings (SSSR count). The summed E-state index contributed by atoms with van der Waals surface area (Å²) in [5.41, 5.74) is 4.74. The number of benzene rings is 1. The smallest absolute Gasteiger partial charge is 0.270 e. The Morgan fingerprint density at radius 1 is 1.29 bits per heavy atom. The summed E-state index contributed by atoms with van der Waals surface area (Å²) in [7, 11) is 1.61. The van der Waals surface area contributed by atoms with Gasteiger partial charge in [0.2, 0.25) is 0 Å². The highest BCUT2D eigenvalue weighted by Crippen LogP contribution is 2.22. The van der Waals surface area contributed by atoms with Crippen LogP contribution in [0.3, 0.4) is 0 Å². The molecule has 0 aliphatic carbocycles. The average molecular weight is 304 g/mol. The zero-order valence-corrected chi connectivity index (χ0v) is 13.5. The second-order valence-corrected chi connectivity index (χ2v) is 5.37. The molecule has 112 valence electrons. The highest BCUT2D eigenvalue weighted by molar-refractivity contribution is 7.79. The van der Waals surface area contributed by atoms with Crippen molar-refractivity contribution >= 4 is 12.6 Å². The van der Waals surface area contributed by atoms with Crippen LogP contribution < -0.4 is 5.56 Å². The van der Waals surface area contributed by atoms with Gasteiger partial charge < -0.3 is 4.74 Å². The number of ether oxygens (including phenoxy) is 1. The van der Waals surface area contributed by atoms with E-state index in [4.69, 9.17) is 4.74 Å². The van der Waals surface area contributed by atoms with Gasteiger partial charge >= 0.3 is 0 Å². The Kier molecular flexibility index (Phi) is 5.20. The summed E-state index contributed by atoms with van der Waals surface area (Å²) in [5.74, 6) is 0.395. The predicted octanol–water partition coefficient (Wildman–Crippen LogP) is 2.60. The molecule has 1 aromatic heterocycles. The third-order valence-electron chi connectivity index (χ3n) is 3.38. The fraction of sp³-hybridized carbons (Fsp3) is 0.375. The van der Waals surface area contributed by atoms with Crippen molar-refractivity contribution in [3.63, 3.8) is 0 Å². The average Bonchev–Trinajstić information content (AvgIpc) is 2.46. The molecule has 0 spiro atoms. The lowest BCUT2D eigenvalue weighted by Gasteiger charge is -2.11. The minimum Gasteiger partial charge on any atom is -0.383 e. The number of rotatable bonds is 5. The van der Waals surface area contributed by atoms with Crippen LogP contribution >= 0.6 is 12.6 Å². The first-order valence-electron chi connectivity index (χ1n) is 6.85. The van der Waals surface area contributed by atoms with Crippen molar-refractivity contribution in [1.29, 1.82) is 0 Å². The van der Waals surface area contributed by atoms with Gasteiger partial charge in [-0.2, -0.15) is 17.7 Å². The van der Waals surface area contributed by atoms with E-state index in [0.29, 0.717) is 24.5 Å². The topological polar surface area (TPSA) is 44.1 Å². The molecule has 4 nitrogen and oxygen atoms in total. The van der Waals surface area contributed by atoms with Crippen molar-refractivity contribution in [1.82, 2.24) is 9.78 Å². The Morgan fingerprint density at radius 2 is 2.05 bits per heavy atom. The molecule has 0 saturated heterocycles. The monoisotopic (exact) mass is 304 g/mol. The van der Waals surface area contributed by atoms with E-state index in [1.165, 1.54) is 10.2 Å². The first-order chi connectivity index (χ1) is 10.1. The number of hydrogen-bond donors (Lipinski definition) is 1. The van der Waals surface area contributed by atoms with E-state index < -0.39 is 0 Å². The van der Waals surface area contributed by atoms with Crippen LogP contribution in [0.1, 0.15) is 16.7 Å². The van der Waals surface area contributed by atoms with Gasteiger partial charge in [-0.05, 0) is 25.5 Å². The molecular formula is C16H20N2O2S. The fourth-order valence-electron chi connectivity index (χ4n) is 2.27. The molecule has 0 aliphatic rings. The summed E-state index contributed by atoms with van der Waals surface area (Å²) < 4.78 is 6.50. The normalized spacial score (nSPS) is 10.9. The first kappa shape index (κ1) is 15.8. The van der Waals surface area contributed by atoms with E-state index in [1.807, 2.05) is 12.1 Å². The van der Waals surface area contributed by atoms with Crippen molar-refractivity contribution < 1.29 is 4.74 Å². The van der Waals surface area contributed by atoms with Crippen LogP contribution in [-0.2, 0) is 17.0 Å². The van der Waals surface area contributed by atoms with Crippen LogP contribution in [0.4, 0.5) is 0 Å². The Bertz CT molecular complexity index is 695. The summed E-state index contributed by atoms with van der Waals surface area (Å²) in [5, 5.41) is 4.47. The van der Waals surface area contributed by atoms with Crippen molar-refractivity contribution in [2.75, 3.05) is 13.7 Å². The van der Waals surface area contributed by atoms with Gasteiger partial charge in [-0.3, -0.25) is 4.79 Å². The summed E-state index contributed by atoms with van der Waals surface area (Å²) in [4.78, 5) is 12.2. The maximum Gasteiger partial charge on any atom is 0.270 e. The third kappa shape index (κ3) is 3.54. The molecule has 0 saturated carbocycles. The van der Waals surface area contributed by atoms with Gasteiger partial charge in [0.15, 0.2) is 0 Å². The maximum absolute atomic E-state index is 12.2. The molecule has 0 fully saturated rings. The lowest BCUT2D eigenvalue weighted by molar-refractivity contribution is 0.182. The Balaban J connectivity index is 2.55. The minimum atomic E-state index is -0.101. The molecule has 21 heavy (non-hydrogen) atoms. The molecule has 2 aromatic rings. The number of nitrogens with zero attached hydrogens (tertiary/aromatic N) is 2. The lowest BCUT2D eigenvalue weighted by Crippen LogP contribution is -2.28. The van der Waals surface area contributed by atoms with Gasteiger partial charge in [0.1, 0.15) is 0 Å². The number of thiol groups is 1. The van der Waals surface area contributed by atoms with Crippen LogP contribution in [0.25, 0.3) is 11.3 Å². The van der Waals surface area contributed by atoms with Gasteiger partial charge in [-0.15, -0.1) is 0 Å². The quantitative estimate of drug-likeness (QED) is 0.864. The third-order valence-corrected chi connectivity index (χ3v) is 3.72. The van der Waals surface area contributed by atoms with Crippen LogP contribution in [0.5, 0.6) is 0 Å².